The van der Waals surface area contributed by atoms with Crippen LogP contribution in [0.15, 0.2) is 35.3 Å². The zero-order valence-electron chi connectivity index (χ0n) is 18.5. The number of hydrogen-bond donors (Lipinski definition) is 5. The normalized spacial score (nSPS) is 16.0. The molecule has 11 nitrogen and oxygen atoms in total. The van der Waals surface area contributed by atoms with Crippen LogP contribution >= 0.6 is 0 Å². The Kier molecular flexibility index (Phi) is 10.1. The van der Waals surface area contributed by atoms with E-state index in [-0.39, 0.29) is 24.8 Å². The predicted molar refractivity (Wildman–Crippen MR) is 122 cm³/mol. The van der Waals surface area contributed by atoms with Crippen LogP contribution in [-0.4, -0.2) is 64.8 Å². The second-order valence-corrected chi connectivity index (χ2v) is 7.87. The van der Waals surface area contributed by atoms with E-state index >= 15 is 0 Å². The summed E-state index contributed by atoms with van der Waals surface area (Å²) in [6.45, 7) is 1.07. The van der Waals surface area contributed by atoms with Crippen LogP contribution in [-0.2, 0) is 25.7 Å². The Morgan fingerprint density at radius 2 is 1.88 bits per heavy atom. The van der Waals surface area contributed by atoms with Crippen molar-refractivity contribution in [3.63, 3.8) is 0 Å². The molecular formula is C22H32N6O5. The third-order valence-corrected chi connectivity index (χ3v) is 5.29. The van der Waals surface area contributed by atoms with Crippen molar-refractivity contribution < 1.29 is 24.3 Å². The van der Waals surface area contributed by atoms with Gasteiger partial charge in [0.15, 0.2) is 5.96 Å². The third-order valence-electron chi connectivity index (χ3n) is 5.29. The van der Waals surface area contributed by atoms with E-state index in [1.807, 2.05) is 30.3 Å². The second kappa shape index (κ2) is 13.0. The van der Waals surface area contributed by atoms with Crippen LogP contribution in [0.3, 0.4) is 0 Å². The Hall–Kier alpha value is -3.63. The number of carboxylic acid groups (broad SMARTS) is 1. The molecule has 0 radical (unpaired) electrons. The van der Waals surface area contributed by atoms with Gasteiger partial charge in [0.1, 0.15) is 12.1 Å². The number of carbonyl (C=O) groups excluding carboxylic acids is 3. The van der Waals surface area contributed by atoms with Crippen molar-refractivity contribution in [1.82, 2.24) is 15.5 Å². The Morgan fingerprint density at radius 1 is 1.15 bits per heavy atom. The molecule has 2 atom stereocenters. The molecule has 0 spiro atoms. The molecule has 0 bridgehead atoms. The van der Waals surface area contributed by atoms with E-state index in [1.165, 1.54) is 4.90 Å². The minimum atomic E-state index is -1.24. The van der Waals surface area contributed by atoms with Crippen LogP contribution in [0.25, 0.3) is 0 Å². The molecule has 7 N–H and O–H groups in total. The number of amides is 3. The van der Waals surface area contributed by atoms with Crippen molar-refractivity contribution in [2.24, 2.45) is 16.5 Å². The summed E-state index contributed by atoms with van der Waals surface area (Å²) in [6, 6.07) is 7.17. The first kappa shape index (κ1) is 25.6. The number of carbonyl (C=O) groups is 4. The van der Waals surface area contributed by atoms with Crippen molar-refractivity contribution >= 4 is 29.7 Å². The van der Waals surface area contributed by atoms with E-state index in [0.29, 0.717) is 38.8 Å². The van der Waals surface area contributed by atoms with E-state index in [9.17, 15) is 24.3 Å². The number of nitrogens with one attached hydrogen (secondary N) is 2. The number of guanidine groups is 1. The lowest BCUT2D eigenvalue weighted by molar-refractivity contribution is -0.142. The Labute approximate surface area is 192 Å². The molecule has 2 rings (SSSR count). The molecule has 33 heavy (non-hydrogen) atoms. The van der Waals surface area contributed by atoms with Gasteiger partial charge in [0.25, 0.3) is 0 Å². The van der Waals surface area contributed by atoms with Crippen molar-refractivity contribution in [3.05, 3.63) is 35.9 Å². The van der Waals surface area contributed by atoms with Gasteiger partial charge in [0.05, 0.1) is 6.42 Å². The number of aliphatic imine (C=N–C) groups is 1. The van der Waals surface area contributed by atoms with Gasteiger partial charge in [-0.3, -0.25) is 24.2 Å². The number of rotatable bonds is 12. The third kappa shape index (κ3) is 8.79. The molecule has 0 unspecified atom stereocenters. The number of hydrogen-bond acceptors (Lipinski definition) is 5. The van der Waals surface area contributed by atoms with Crippen LogP contribution < -0.4 is 22.1 Å². The quantitative estimate of drug-likeness (QED) is 0.161. The predicted octanol–water partition coefficient (Wildman–Crippen LogP) is -0.303. The molecule has 1 aromatic carbocycles. The zero-order chi connectivity index (χ0) is 24.2. The van der Waals surface area contributed by atoms with Crippen molar-refractivity contribution in [2.45, 2.75) is 57.2 Å². The molecule has 11 heteroatoms. The average Bonchev–Trinajstić information content (AvgIpc) is 3.27. The van der Waals surface area contributed by atoms with Gasteiger partial charge in [-0.25, -0.2) is 0 Å². The van der Waals surface area contributed by atoms with Gasteiger partial charge in [-0.05, 0) is 31.2 Å². The van der Waals surface area contributed by atoms with Crippen LogP contribution in [0, 0.1) is 0 Å². The Morgan fingerprint density at radius 3 is 2.55 bits per heavy atom. The highest BCUT2D eigenvalue weighted by Gasteiger charge is 2.35. The molecule has 3 amide bonds. The zero-order valence-corrected chi connectivity index (χ0v) is 18.5. The summed E-state index contributed by atoms with van der Waals surface area (Å²) in [7, 11) is 0. The first-order chi connectivity index (χ1) is 15.8. The van der Waals surface area contributed by atoms with Gasteiger partial charge in [0, 0.05) is 26.1 Å². The first-order valence-electron chi connectivity index (χ1n) is 11.0. The SMILES string of the molecule is NC(N)=NCCCCC(=O)N1CCC[C@@H]1C(=O)N[C@@H](CC(=O)O)C(=O)NCc1ccccc1. The molecule has 180 valence electrons. The topological polar surface area (TPSA) is 180 Å². The maximum Gasteiger partial charge on any atom is 0.305 e. The number of carboxylic acids is 1. The van der Waals surface area contributed by atoms with E-state index < -0.39 is 36.3 Å². The highest BCUT2D eigenvalue weighted by Crippen LogP contribution is 2.19. The Bertz CT molecular complexity index is 856. The van der Waals surface area contributed by atoms with E-state index in [1.54, 1.807) is 0 Å². The van der Waals surface area contributed by atoms with Crippen molar-refractivity contribution in [2.75, 3.05) is 13.1 Å². The number of nitrogens with zero attached hydrogens (tertiary/aromatic N) is 2. The van der Waals surface area contributed by atoms with Crippen molar-refractivity contribution in [1.29, 1.82) is 0 Å². The monoisotopic (exact) mass is 460 g/mol. The molecule has 1 saturated heterocycles. The fraction of sp³-hybridized carbons (Fsp3) is 0.500. The fourth-order valence-electron chi connectivity index (χ4n) is 3.64. The maximum absolute atomic E-state index is 12.9. The van der Waals surface area contributed by atoms with Gasteiger partial charge in [-0.15, -0.1) is 0 Å². The minimum absolute atomic E-state index is 0.00123. The fourth-order valence-corrected chi connectivity index (χ4v) is 3.64. The number of likely N-dealkylation sites (tertiary alicyclic amines) is 1. The summed E-state index contributed by atoms with van der Waals surface area (Å²) in [5.41, 5.74) is 11.4. The minimum Gasteiger partial charge on any atom is -0.481 e. The second-order valence-electron chi connectivity index (χ2n) is 7.87. The standard InChI is InChI=1S/C22H32N6O5/c23-22(24)25-11-5-4-10-18(29)28-12-6-9-17(28)21(33)27-16(13-19(30)31)20(32)26-14-15-7-2-1-3-8-15/h1-3,7-8,16-17H,4-6,9-14H2,(H,26,32)(H,27,33)(H,30,31)(H4,23,24,25)/t16-,17+/m0/s1. The summed E-state index contributed by atoms with van der Waals surface area (Å²) in [6.07, 6.45) is 2.01. The summed E-state index contributed by atoms with van der Waals surface area (Å²) >= 11 is 0. The number of unbranched alkanes of at least 4 members (excludes halogenated alkanes) is 1. The van der Waals surface area contributed by atoms with Crippen molar-refractivity contribution in [3.8, 4) is 0 Å². The lowest BCUT2D eigenvalue weighted by Gasteiger charge is -2.26. The number of benzene rings is 1. The Balaban J connectivity index is 1.91. The van der Waals surface area contributed by atoms with Gasteiger partial charge in [0.2, 0.25) is 17.7 Å². The van der Waals surface area contributed by atoms with E-state index in [0.717, 1.165) is 5.56 Å². The lowest BCUT2D eigenvalue weighted by atomic mass is 10.1. The van der Waals surface area contributed by atoms with E-state index in [2.05, 4.69) is 15.6 Å². The summed E-state index contributed by atoms with van der Waals surface area (Å²) in [5, 5.41) is 14.4. The largest absolute Gasteiger partial charge is 0.481 e. The maximum atomic E-state index is 12.9. The number of nitrogens with two attached hydrogens (primary N) is 2. The van der Waals surface area contributed by atoms with Crippen LogP contribution in [0.5, 0.6) is 0 Å². The van der Waals surface area contributed by atoms with Crippen LogP contribution in [0.1, 0.15) is 44.1 Å². The molecule has 1 aliphatic heterocycles. The summed E-state index contributed by atoms with van der Waals surface area (Å²) in [4.78, 5) is 54.6. The molecule has 0 aliphatic carbocycles. The number of aliphatic carboxylic acids is 1. The van der Waals surface area contributed by atoms with Gasteiger partial charge >= 0.3 is 5.97 Å². The van der Waals surface area contributed by atoms with Gasteiger partial charge in [-0.1, -0.05) is 30.3 Å². The molecule has 1 aliphatic rings. The smallest absolute Gasteiger partial charge is 0.305 e. The highest BCUT2D eigenvalue weighted by atomic mass is 16.4. The van der Waals surface area contributed by atoms with Gasteiger partial charge in [-0.2, -0.15) is 0 Å². The first-order valence-corrected chi connectivity index (χ1v) is 11.0. The summed E-state index contributed by atoms with van der Waals surface area (Å²) < 4.78 is 0. The molecule has 1 heterocycles. The van der Waals surface area contributed by atoms with E-state index in [4.69, 9.17) is 11.5 Å². The highest BCUT2D eigenvalue weighted by molar-refractivity contribution is 5.94. The van der Waals surface area contributed by atoms with Gasteiger partial charge < -0.3 is 32.1 Å². The molecule has 0 saturated carbocycles. The molecular weight excluding hydrogens is 428 g/mol. The van der Waals surface area contributed by atoms with Crippen LogP contribution in [0.2, 0.25) is 0 Å². The molecule has 1 aromatic rings. The van der Waals surface area contributed by atoms with Crippen LogP contribution in [0.4, 0.5) is 0 Å². The molecule has 0 aromatic heterocycles. The average molecular weight is 461 g/mol. The molecule has 1 fully saturated rings. The lowest BCUT2D eigenvalue weighted by Crippen LogP contribution is -2.53. The summed E-state index contributed by atoms with van der Waals surface area (Å²) in [5.74, 6) is -2.50.